The summed E-state index contributed by atoms with van der Waals surface area (Å²) >= 11 is 0. The molecule has 0 bridgehead atoms. The number of aliphatic hydroxyl groups excluding tert-OH is 2. The highest BCUT2D eigenvalue weighted by molar-refractivity contribution is 6.15. The zero-order valence-corrected chi connectivity index (χ0v) is 25.4. The van der Waals surface area contributed by atoms with Crippen LogP contribution in [0, 0.1) is 12.8 Å². The number of rotatable bonds is 4. The molecule has 6 aromatic rings. The lowest BCUT2D eigenvalue weighted by Gasteiger charge is -2.47. The fourth-order valence-electron chi connectivity index (χ4n) is 7.42. The molecule has 220 valence electrons. The molecule has 45 heavy (non-hydrogen) atoms. The van der Waals surface area contributed by atoms with E-state index in [4.69, 9.17) is 0 Å². The van der Waals surface area contributed by atoms with Crippen LogP contribution in [0.25, 0.3) is 49.9 Å². The average Bonchev–Trinajstić information content (AvgIpc) is 3.08. The van der Waals surface area contributed by atoms with Crippen molar-refractivity contribution in [3.63, 3.8) is 0 Å². The van der Waals surface area contributed by atoms with Crippen molar-refractivity contribution in [2.45, 2.75) is 25.0 Å². The third-order valence-electron chi connectivity index (χ3n) is 9.85. The number of benzene rings is 6. The van der Waals surface area contributed by atoms with E-state index in [-0.39, 0.29) is 5.92 Å². The molecule has 0 spiro atoms. The van der Waals surface area contributed by atoms with E-state index in [9.17, 15) is 10.2 Å². The van der Waals surface area contributed by atoms with Gasteiger partial charge in [-0.1, -0.05) is 127 Å². The van der Waals surface area contributed by atoms with E-state index >= 15 is 0 Å². The number of allylic oxidation sites excluding steroid dienone is 1. The monoisotopic (exact) mass is 585 g/mol. The van der Waals surface area contributed by atoms with Crippen LogP contribution in [0.1, 0.15) is 22.6 Å². The van der Waals surface area contributed by atoms with Crippen molar-refractivity contribution in [1.82, 2.24) is 0 Å². The van der Waals surface area contributed by atoms with Gasteiger partial charge in [-0.3, -0.25) is 0 Å². The summed E-state index contributed by atoms with van der Waals surface area (Å²) in [6.07, 6.45) is 4.84. The first kappa shape index (κ1) is 27.6. The topological polar surface area (TPSA) is 43.7 Å². The highest BCUT2D eigenvalue weighted by Crippen LogP contribution is 2.50. The van der Waals surface area contributed by atoms with Crippen molar-refractivity contribution in [3.8, 4) is 22.3 Å². The van der Waals surface area contributed by atoms with Crippen molar-refractivity contribution < 1.29 is 10.2 Å². The van der Waals surface area contributed by atoms with E-state index in [2.05, 4.69) is 146 Å². The molecule has 0 saturated heterocycles. The summed E-state index contributed by atoms with van der Waals surface area (Å²) in [5, 5.41) is 27.9. The molecular weight excluding hydrogens is 550 g/mol. The number of likely N-dealkylation sites (N-methyl/N-ethyl adjacent to an activating group) is 1. The van der Waals surface area contributed by atoms with Crippen molar-refractivity contribution in [2.24, 2.45) is 5.92 Å². The number of nitrogens with zero attached hydrogens (tertiary/aromatic N) is 1. The SMILES string of the molecule is Cc1ccc(-c2ccc3c(c2)C=C/C(=C\C2C(O)C(c4c5ccccc5c(-c5ccccc5)c5ccccc45)C2O)N3C)cc1. The van der Waals surface area contributed by atoms with E-state index in [0.717, 1.165) is 49.6 Å². The Morgan fingerprint density at radius 1 is 0.600 bits per heavy atom. The summed E-state index contributed by atoms with van der Waals surface area (Å²) in [6, 6.07) is 42.5. The summed E-state index contributed by atoms with van der Waals surface area (Å²) < 4.78 is 0. The Hall–Kier alpha value is -4.96. The van der Waals surface area contributed by atoms with Crippen LogP contribution in [0.15, 0.2) is 139 Å². The Balaban J connectivity index is 1.15. The van der Waals surface area contributed by atoms with E-state index in [1.165, 1.54) is 22.3 Å². The maximum absolute atomic E-state index is 11.7. The average molecular weight is 586 g/mol. The van der Waals surface area contributed by atoms with Gasteiger partial charge in [-0.25, -0.2) is 0 Å². The quantitative estimate of drug-likeness (QED) is 0.203. The van der Waals surface area contributed by atoms with Gasteiger partial charge in [0.15, 0.2) is 0 Å². The molecule has 2 aliphatic rings. The summed E-state index contributed by atoms with van der Waals surface area (Å²) in [6.45, 7) is 2.10. The lowest BCUT2D eigenvalue weighted by Crippen LogP contribution is -2.53. The van der Waals surface area contributed by atoms with Crippen LogP contribution in [-0.4, -0.2) is 29.5 Å². The summed E-state index contributed by atoms with van der Waals surface area (Å²) in [5.41, 5.74) is 10.2. The van der Waals surface area contributed by atoms with Gasteiger partial charge < -0.3 is 15.1 Å². The molecule has 2 atom stereocenters. The Labute approximate surface area is 264 Å². The molecule has 1 aliphatic heterocycles. The maximum atomic E-state index is 11.7. The Morgan fingerprint density at radius 2 is 1.18 bits per heavy atom. The number of aryl methyl sites for hydroxylation is 1. The first-order valence-corrected chi connectivity index (χ1v) is 15.7. The number of fused-ring (bicyclic) bond motifs is 3. The van der Waals surface area contributed by atoms with Gasteiger partial charge in [0.2, 0.25) is 0 Å². The highest BCUT2D eigenvalue weighted by Gasteiger charge is 2.50. The predicted molar refractivity (Wildman–Crippen MR) is 187 cm³/mol. The molecule has 3 nitrogen and oxygen atoms in total. The van der Waals surface area contributed by atoms with Gasteiger partial charge in [0.05, 0.1) is 12.2 Å². The third-order valence-corrected chi connectivity index (χ3v) is 9.85. The number of hydrogen-bond acceptors (Lipinski definition) is 3. The number of anilines is 1. The van der Waals surface area contributed by atoms with Crippen LogP contribution in [0.4, 0.5) is 5.69 Å². The van der Waals surface area contributed by atoms with Gasteiger partial charge in [-0.2, -0.15) is 0 Å². The smallest absolute Gasteiger partial charge is 0.0722 e. The molecular formula is C42H35NO2. The summed E-state index contributed by atoms with van der Waals surface area (Å²) in [4.78, 5) is 2.15. The largest absolute Gasteiger partial charge is 0.392 e. The second-order valence-corrected chi connectivity index (χ2v) is 12.5. The van der Waals surface area contributed by atoms with Crippen LogP contribution in [0.3, 0.4) is 0 Å². The molecule has 0 aromatic heterocycles. The van der Waals surface area contributed by atoms with Gasteiger partial charge in [-0.15, -0.1) is 0 Å². The second kappa shape index (κ2) is 10.9. The summed E-state index contributed by atoms with van der Waals surface area (Å²) in [7, 11) is 2.05. The highest BCUT2D eigenvalue weighted by atomic mass is 16.3. The Kier molecular flexibility index (Phi) is 6.67. The molecule has 1 saturated carbocycles. The fourth-order valence-corrected chi connectivity index (χ4v) is 7.42. The molecule has 3 heteroatoms. The second-order valence-electron chi connectivity index (χ2n) is 12.5. The van der Waals surface area contributed by atoms with Crippen molar-refractivity contribution in [1.29, 1.82) is 0 Å². The minimum Gasteiger partial charge on any atom is -0.392 e. The predicted octanol–water partition coefficient (Wildman–Crippen LogP) is 9.12. The van der Waals surface area contributed by atoms with Crippen molar-refractivity contribution in [2.75, 3.05) is 11.9 Å². The number of aliphatic hydroxyl groups is 2. The maximum Gasteiger partial charge on any atom is 0.0722 e. The van der Waals surface area contributed by atoms with Gasteiger partial charge in [-0.05, 0) is 80.1 Å². The summed E-state index contributed by atoms with van der Waals surface area (Å²) in [5.74, 6) is -0.773. The van der Waals surface area contributed by atoms with E-state index in [1.807, 2.05) is 12.1 Å². The van der Waals surface area contributed by atoms with Crippen LogP contribution in [0.5, 0.6) is 0 Å². The standard InChI is InChI=1S/C42H35NO2/c1-26-16-18-27(19-17-26)29-21-23-37-30(24-29)20-22-31(43(37)2)25-36-41(44)40(42(36)45)39-34-14-8-6-12-32(34)38(28-10-4-3-5-11-28)33-13-7-9-15-35(33)39/h3-25,36,40-42,44-45H,1-2H3/b31-25+. The van der Waals surface area contributed by atoms with E-state index in [1.54, 1.807) is 0 Å². The van der Waals surface area contributed by atoms with E-state index < -0.39 is 18.1 Å². The lowest BCUT2D eigenvalue weighted by atomic mass is 9.63. The first-order chi connectivity index (χ1) is 22.0. The van der Waals surface area contributed by atoms with Crippen molar-refractivity contribution in [3.05, 3.63) is 156 Å². The fraction of sp³-hybridized carbons (Fsp3) is 0.143. The molecule has 2 unspecified atom stereocenters. The Bertz CT molecular complexity index is 2060. The van der Waals surface area contributed by atoms with Gasteiger partial charge in [0.1, 0.15) is 0 Å². The van der Waals surface area contributed by atoms with Crippen LogP contribution in [-0.2, 0) is 0 Å². The van der Waals surface area contributed by atoms with Gasteiger partial charge in [0, 0.05) is 30.3 Å². The third kappa shape index (κ3) is 4.50. The van der Waals surface area contributed by atoms with Crippen LogP contribution in [0.2, 0.25) is 0 Å². The zero-order chi connectivity index (χ0) is 30.7. The normalized spacial score (nSPS) is 21.7. The van der Waals surface area contributed by atoms with Crippen LogP contribution < -0.4 is 4.90 Å². The molecule has 6 aromatic carbocycles. The van der Waals surface area contributed by atoms with Gasteiger partial charge in [0.25, 0.3) is 0 Å². The minimum absolute atomic E-state index is 0.378. The molecule has 2 N–H and O–H groups in total. The zero-order valence-electron chi connectivity index (χ0n) is 25.4. The first-order valence-electron chi connectivity index (χ1n) is 15.7. The molecule has 1 fully saturated rings. The van der Waals surface area contributed by atoms with Crippen LogP contribution >= 0.6 is 0 Å². The molecule has 1 aliphatic carbocycles. The van der Waals surface area contributed by atoms with Gasteiger partial charge >= 0.3 is 0 Å². The Morgan fingerprint density at radius 3 is 1.82 bits per heavy atom. The molecule has 1 heterocycles. The van der Waals surface area contributed by atoms with E-state index in [0.29, 0.717) is 0 Å². The lowest BCUT2D eigenvalue weighted by molar-refractivity contribution is -0.0935. The van der Waals surface area contributed by atoms with Crippen molar-refractivity contribution >= 4 is 33.3 Å². The minimum atomic E-state index is -0.714. The molecule has 0 radical (unpaired) electrons. The molecule has 8 rings (SSSR count). The number of hydrogen-bond donors (Lipinski definition) is 2. The molecule has 0 amide bonds.